The zero-order chi connectivity index (χ0) is 17.1. The fraction of sp³-hybridized carbons (Fsp3) is 0.556. The van der Waals surface area contributed by atoms with Gasteiger partial charge >= 0.3 is 6.03 Å². The van der Waals surface area contributed by atoms with E-state index in [9.17, 15) is 9.59 Å². The Hall–Kier alpha value is -1.75. The van der Waals surface area contributed by atoms with Gasteiger partial charge in [0.1, 0.15) is 0 Å². The minimum atomic E-state index is 0.0380. The summed E-state index contributed by atoms with van der Waals surface area (Å²) in [5.74, 6) is 0.191. The molecule has 6 heteroatoms. The highest BCUT2D eigenvalue weighted by atomic mass is 35.5. The molecule has 0 aliphatic carbocycles. The first-order valence-electron chi connectivity index (χ1n) is 8.62. The van der Waals surface area contributed by atoms with E-state index >= 15 is 0 Å². The van der Waals surface area contributed by atoms with Crippen molar-refractivity contribution in [3.05, 3.63) is 34.3 Å². The molecule has 1 N–H and O–H groups in total. The van der Waals surface area contributed by atoms with Crippen LogP contribution >= 0.6 is 11.6 Å². The van der Waals surface area contributed by atoms with Crippen LogP contribution in [-0.4, -0.2) is 54.0 Å². The van der Waals surface area contributed by atoms with Crippen molar-refractivity contribution in [3.63, 3.8) is 0 Å². The Morgan fingerprint density at radius 1 is 1.29 bits per heavy atom. The highest BCUT2D eigenvalue weighted by Gasteiger charge is 2.31. The van der Waals surface area contributed by atoms with Gasteiger partial charge in [0, 0.05) is 43.7 Å². The molecule has 0 saturated carbocycles. The van der Waals surface area contributed by atoms with Gasteiger partial charge in [0.05, 0.1) is 0 Å². The van der Waals surface area contributed by atoms with Gasteiger partial charge in [-0.1, -0.05) is 23.7 Å². The number of aryl methyl sites for hydroxylation is 2. The summed E-state index contributed by atoms with van der Waals surface area (Å²) in [5.41, 5.74) is 2.15. The molecule has 2 saturated heterocycles. The second-order valence-corrected chi connectivity index (χ2v) is 7.03. The number of likely N-dealkylation sites (tertiary alicyclic amines) is 1. The van der Waals surface area contributed by atoms with Gasteiger partial charge in [0.25, 0.3) is 0 Å². The number of nitrogens with one attached hydrogen (secondary N) is 1. The van der Waals surface area contributed by atoms with Crippen molar-refractivity contribution in [3.8, 4) is 0 Å². The molecule has 2 heterocycles. The van der Waals surface area contributed by atoms with Crippen molar-refractivity contribution in [2.45, 2.75) is 38.6 Å². The Balaban J connectivity index is 1.46. The molecule has 0 radical (unpaired) electrons. The smallest absolute Gasteiger partial charge is 0.317 e. The van der Waals surface area contributed by atoms with Gasteiger partial charge in [0.2, 0.25) is 5.91 Å². The van der Waals surface area contributed by atoms with Crippen LogP contribution in [0.15, 0.2) is 18.2 Å². The quantitative estimate of drug-likeness (QED) is 0.908. The number of nitrogens with zero attached hydrogens (tertiary/aromatic N) is 2. The van der Waals surface area contributed by atoms with Crippen molar-refractivity contribution in [1.82, 2.24) is 15.1 Å². The van der Waals surface area contributed by atoms with Crippen molar-refractivity contribution in [1.29, 1.82) is 0 Å². The molecule has 0 aromatic heterocycles. The molecule has 3 rings (SSSR count). The van der Waals surface area contributed by atoms with E-state index in [2.05, 4.69) is 5.32 Å². The summed E-state index contributed by atoms with van der Waals surface area (Å²) in [6.45, 7) is 4.97. The van der Waals surface area contributed by atoms with Gasteiger partial charge in [-0.2, -0.15) is 0 Å². The Bertz CT molecular complexity index is 627. The van der Waals surface area contributed by atoms with E-state index in [1.54, 1.807) is 0 Å². The predicted octanol–water partition coefficient (Wildman–Crippen LogP) is 2.60. The zero-order valence-electron chi connectivity index (χ0n) is 14.1. The normalized spacial score (nSPS) is 18.8. The number of halogens is 1. The third-order valence-electron chi connectivity index (χ3n) is 5.01. The number of rotatable bonds is 4. The van der Waals surface area contributed by atoms with Crippen LogP contribution in [0.1, 0.15) is 30.4 Å². The minimum absolute atomic E-state index is 0.0380. The lowest BCUT2D eigenvalue weighted by Gasteiger charge is -2.36. The summed E-state index contributed by atoms with van der Waals surface area (Å²) in [5, 5.41) is 3.60. The number of piperidine rings is 1. The van der Waals surface area contributed by atoms with E-state index in [4.69, 9.17) is 11.6 Å². The van der Waals surface area contributed by atoms with Crippen molar-refractivity contribution in [2.24, 2.45) is 0 Å². The van der Waals surface area contributed by atoms with E-state index in [0.717, 1.165) is 55.2 Å². The van der Waals surface area contributed by atoms with Crippen molar-refractivity contribution >= 4 is 23.5 Å². The molecule has 130 valence electrons. The fourth-order valence-electron chi connectivity index (χ4n) is 3.46. The lowest BCUT2D eigenvalue weighted by atomic mass is 10.0. The maximum absolute atomic E-state index is 12.4. The first kappa shape index (κ1) is 17.1. The van der Waals surface area contributed by atoms with Crippen LogP contribution in [0.3, 0.4) is 0 Å². The molecular formula is C18H24ClN3O2. The van der Waals surface area contributed by atoms with E-state index in [0.29, 0.717) is 12.8 Å². The highest BCUT2D eigenvalue weighted by Crippen LogP contribution is 2.20. The van der Waals surface area contributed by atoms with Gasteiger partial charge in [-0.05, 0) is 43.4 Å². The number of carbonyl (C=O) groups is 2. The van der Waals surface area contributed by atoms with E-state index in [-0.39, 0.29) is 18.0 Å². The first-order chi connectivity index (χ1) is 11.5. The molecule has 2 aliphatic heterocycles. The monoisotopic (exact) mass is 349 g/mol. The Labute approximate surface area is 147 Å². The van der Waals surface area contributed by atoms with Crippen molar-refractivity contribution < 1.29 is 9.59 Å². The van der Waals surface area contributed by atoms with Gasteiger partial charge in [-0.3, -0.25) is 4.79 Å². The number of carbonyl (C=O) groups excluding carboxylic acids is 2. The van der Waals surface area contributed by atoms with Crippen LogP contribution in [0, 0.1) is 6.92 Å². The van der Waals surface area contributed by atoms with Crippen LogP contribution in [0.2, 0.25) is 5.02 Å². The summed E-state index contributed by atoms with van der Waals surface area (Å²) in [7, 11) is 0. The Morgan fingerprint density at radius 3 is 2.67 bits per heavy atom. The molecule has 2 aliphatic rings. The third kappa shape index (κ3) is 3.83. The average molecular weight is 350 g/mol. The predicted molar refractivity (Wildman–Crippen MR) is 94.2 cm³/mol. The number of hydrogen-bond donors (Lipinski definition) is 1. The summed E-state index contributed by atoms with van der Waals surface area (Å²) in [6, 6.07) is 6.28. The van der Waals surface area contributed by atoms with Gasteiger partial charge in [-0.25, -0.2) is 4.79 Å². The molecule has 0 bridgehead atoms. The lowest BCUT2D eigenvalue weighted by molar-refractivity contribution is -0.132. The van der Waals surface area contributed by atoms with E-state index in [1.807, 2.05) is 34.9 Å². The van der Waals surface area contributed by atoms with Crippen LogP contribution in [0.4, 0.5) is 4.79 Å². The zero-order valence-corrected chi connectivity index (χ0v) is 14.8. The Kier molecular flexibility index (Phi) is 5.29. The second kappa shape index (κ2) is 7.43. The van der Waals surface area contributed by atoms with Crippen LogP contribution in [0.5, 0.6) is 0 Å². The number of benzene rings is 1. The molecule has 1 aromatic carbocycles. The summed E-state index contributed by atoms with van der Waals surface area (Å²) in [4.78, 5) is 28.0. The molecule has 5 nitrogen and oxygen atoms in total. The largest absolute Gasteiger partial charge is 0.343 e. The maximum Gasteiger partial charge on any atom is 0.317 e. The van der Waals surface area contributed by atoms with Crippen molar-refractivity contribution in [2.75, 3.05) is 26.2 Å². The topological polar surface area (TPSA) is 52.7 Å². The van der Waals surface area contributed by atoms with Crippen LogP contribution < -0.4 is 5.32 Å². The molecule has 3 amide bonds. The first-order valence-corrected chi connectivity index (χ1v) is 8.99. The van der Waals surface area contributed by atoms with Gasteiger partial charge in [-0.15, -0.1) is 0 Å². The Morgan fingerprint density at radius 2 is 2.04 bits per heavy atom. The molecular weight excluding hydrogens is 326 g/mol. The summed E-state index contributed by atoms with van der Waals surface area (Å²) in [6.07, 6.45) is 2.96. The number of urea groups is 1. The molecule has 0 spiro atoms. The van der Waals surface area contributed by atoms with Crippen LogP contribution in [0.25, 0.3) is 0 Å². The average Bonchev–Trinajstić information content (AvgIpc) is 3.02. The molecule has 24 heavy (non-hydrogen) atoms. The SMILES string of the molecule is Cc1ccc(CCC(=O)N2CCC(N3CCNC3=O)CC2)cc1Cl. The molecule has 2 fully saturated rings. The molecule has 0 unspecified atom stereocenters. The standard InChI is InChI=1S/C18H24ClN3O2/c1-13-2-3-14(12-16(13)19)4-5-17(23)21-9-6-15(7-10-21)22-11-8-20-18(22)24/h2-3,12,15H,4-11H2,1H3,(H,20,24). The summed E-state index contributed by atoms with van der Waals surface area (Å²) >= 11 is 6.14. The van der Waals surface area contributed by atoms with E-state index in [1.165, 1.54) is 0 Å². The second-order valence-electron chi connectivity index (χ2n) is 6.62. The number of hydrogen-bond acceptors (Lipinski definition) is 2. The highest BCUT2D eigenvalue weighted by molar-refractivity contribution is 6.31. The fourth-order valence-corrected chi connectivity index (χ4v) is 3.67. The number of amides is 3. The minimum Gasteiger partial charge on any atom is -0.343 e. The third-order valence-corrected chi connectivity index (χ3v) is 5.42. The van der Waals surface area contributed by atoms with Crippen LogP contribution in [-0.2, 0) is 11.2 Å². The van der Waals surface area contributed by atoms with Gasteiger partial charge in [0.15, 0.2) is 0 Å². The lowest BCUT2D eigenvalue weighted by Crippen LogP contribution is -2.47. The van der Waals surface area contributed by atoms with E-state index < -0.39 is 0 Å². The summed E-state index contributed by atoms with van der Waals surface area (Å²) < 4.78 is 0. The maximum atomic E-state index is 12.4. The molecule has 0 atom stereocenters. The van der Waals surface area contributed by atoms with Gasteiger partial charge < -0.3 is 15.1 Å². The molecule has 1 aromatic rings.